The molecule has 0 radical (unpaired) electrons. The SMILES string of the molecule is NCC1(c2ccccc2)CCN(C(=O)C2OCCOC2c2ccccc2)CC1. The van der Waals surface area contributed by atoms with Gasteiger partial charge in [0.05, 0.1) is 13.2 Å². The van der Waals surface area contributed by atoms with Gasteiger partial charge in [0.15, 0.2) is 6.10 Å². The van der Waals surface area contributed by atoms with Crippen LogP contribution in [0.2, 0.25) is 0 Å². The van der Waals surface area contributed by atoms with Crippen LogP contribution in [-0.2, 0) is 19.7 Å². The maximum Gasteiger partial charge on any atom is 0.254 e. The number of likely N-dealkylation sites (tertiary alicyclic amines) is 1. The molecule has 2 aromatic carbocycles. The van der Waals surface area contributed by atoms with Crippen LogP contribution in [0.25, 0.3) is 0 Å². The fourth-order valence-electron chi connectivity index (χ4n) is 4.38. The molecule has 0 saturated carbocycles. The highest BCUT2D eigenvalue weighted by atomic mass is 16.6. The Balaban J connectivity index is 1.47. The van der Waals surface area contributed by atoms with Crippen molar-refractivity contribution >= 4 is 5.91 Å². The van der Waals surface area contributed by atoms with Gasteiger partial charge in [-0.3, -0.25) is 4.79 Å². The standard InChI is InChI=1S/C23H28N2O3/c24-17-23(19-9-5-2-6-10-19)11-13-25(14-12-23)22(26)21-20(27-15-16-28-21)18-7-3-1-4-8-18/h1-10,20-21H,11-17,24H2. The molecule has 2 aromatic rings. The van der Waals surface area contributed by atoms with Gasteiger partial charge >= 0.3 is 0 Å². The number of amides is 1. The van der Waals surface area contributed by atoms with Gasteiger partial charge in [0.25, 0.3) is 5.91 Å². The smallest absolute Gasteiger partial charge is 0.254 e. The lowest BCUT2D eigenvalue weighted by Crippen LogP contribution is -2.53. The molecule has 2 heterocycles. The highest BCUT2D eigenvalue weighted by Gasteiger charge is 2.41. The number of nitrogens with two attached hydrogens (primary N) is 1. The third-order valence-corrected chi connectivity index (χ3v) is 6.13. The quantitative estimate of drug-likeness (QED) is 0.886. The van der Waals surface area contributed by atoms with Crippen LogP contribution in [0.15, 0.2) is 60.7 Å². The van der Waals surface area contributed by atoms with E-state index in [9.17, 15) is 4.79 Å². The molecule has 28 heavy (non-hydrogen) atoms. The summed E-state index contributed by atoms with van der Waals surface area (Å²) in [6, 6.07) is 20.3. The molecule has 2 atom stereocenters. The topological polar surface area (TPSA) is 64.8 Å². The summed E-state index contributed by atoms with van der Waals surface area (Å²) in [5.74, 6) is 0.0206. The number of hydrogen-bond acceptors (Lipinski definition) is 4. The predicted molar refractivity (Wildman–Crippen MR) is 108 cm³/mol. The first kappa shape index (κ1) is 19.1. The van der Waals surface area contributed by atoms with E-state index >= 15 is 0 Å². The number of carbonyl (C=O) groups is 1. The molecule has 0 aromatic heterocycles. The molecule has 5 nitrogen and oxygen atoms in total. The summed E-state index contributed by atoms with van der Waals surface area (Å²) in [6.07, 6.45) is 0.794. The largest absolute Gasteiger partial charge is 0.368 e. The Labute approximate surface area is 166 Å². The van der Waals surface area contributed by atoms with Crippen molar-refractivity contribution < 1.29 is 14.3 Å². The Kier molecular flexibility index (Phi) is 5.76. The van der Waals surface area contributed by atoms with Gasteiger partial charge in [-0.25, -0.2) is 0 Å². The van der Waals surface area contributed by atoms with Crippen LogP contribution in [0.5, 0.6) is 0 Å². The zero-order valence-corrected chi connectivity index (χ0v) is 16.1. The van der Waals surface area contributed by atoms with Crippen molar-refractivity contribution in [1.29, 1.82) is 0 Å². The second-order valence-corrected chi connectivity index (χ2v) is 7.67. The van der Waals surface area contributed by atoms with Crippen molar-refractivity contribution in [2.75, 3.05) is 32.8 Å². The van der Waals surface area contributed by atoms with Gasteiger partial charge in [-0.15, -0.1) is 0 Å². The van der Waals surface area contributed by atoms with Crippen molar-refractivity contribution in [3.8, 4) is 0 Å². The molecule has 0 bridgehead atoms. The minimum Gasteiger partial charge on any atom is -0.368 e. The molecule has 2 aliphatic rings. The molecule has 2 fully saturated rings. The normalized spacial score (nSPS) is 24.7. The molecule has 2 saturated heterocycles. The van der Waals surface area contributed by atoms with Gasteiger partial charge in [0.1, 0.15) is 6.10 Å². The van der Waals surface area contributed by atoms with Gasteiger partial charge in [-0.2, -0.15) is 0 Å². The van der Waals surface area contributed by atoms with Crippen LogP contribution in [0.1, 0.15) is 30.1 Å². The van der Waals surface area contributed by atoms with E-state index in [2.05, 4.69) is 24.3 Å². The maximum absolute atomic E-state index is 13.3. The van der Waals surface area contributed by atoms with Gasteiger partial charge in [0.2, 0.25) is 0 Å². The lowest BCUT2D eigenvalue weighted by atomic mass is 9.73. The molecule has 0 spiro atoms. The van der Waals surface area contributed by atoms with E-state index in [1.165, 1.54) is 5.56 Å². The highest BCUT2D eigenvalue weighted by Crippen LogP contribution is 2.36. The Hall–Kier alpha value is -2.21. The van der Waals surface area contributed by atoms with Crippen molar-refractivity contribution in [3.05, 3.63) is 71.8 Å². The van der Waals surface area contributed by atoms with Gasteiger partial charge in [0, 0.05) is 25.0 Å². The number of ether oxygens (including phenoxy) is 2. The average molecular weight is 380 g/mol. The van der Waals surface area contributed by atoms with E-state index in [-0.39, 0.29) is 17.4 Å². The summed E-state index contributed by atoms with van der Waals surface area (Å²) < 4.78 is 11.8. The highest BCUT2D eigenvalue weighted by molar-refractivity contribution is 5.82. The molecule has 2 aliphatic heterocycles. The predicted octanol–water partition coefficient (Wildman–Crippen LogP) is 2.66. The van der Waals surface area contributed by atoms with Crippen LogP contribution in [-0.4, -0.2) is 49.8 Å². The van der Waals surface area contributed by atoms with E-state index in [1.54, 1.807) is 0 Å². The number of rotatable bonds is 4. The van der Waals surface area contributed by atoms with Crippen LogP contribution >= 0.6 is 0 Å². The first-order valence-electron chi connectivity index (χ1n) is 10.1. The minimum atomic E-state index is -0.585. The maximum atomic E-state index is 13.3. The number of nitrogens with zero attached hydrogens (tertiary/aromatic N) is 1. The van der Waals surface area contributed by atoms with Gasteiger partial charge < -0.3 is 20.1 Å². The Bertz CT molecular complexity index is 773. The molecule has 4 rings (SSSR count). The number of carbonyl (C=O) groups excluding carboxylic acids is 1. The number of piperidine rings is 1. The summed E-state index contributed by atoms with van der Waals surface area (Å²) in [5, 5.41) is 0. The lowest BCUT2D eigenvalue weighted by molar-refractivity contribution is -0.176. The molecular formula is C23H28N2O3. The number of benzene rings is 2. The minimum absolute atomic E-state index is 0.0206. The Morgan fingerprint density at radius 2 is 1.57 bits per heavy atom. The van der Waals surface area contributed by atoms with Gasteiger partial charge in [-0.1, -0.05) is 60.7 Å². The summed E-state index contributed by atoms with van der Waals surface area (Å²) in [4.78, 5) is 15.2. The fourth-order valence-corrected chi connectivity index (χ4v) is 4.38. The average Bonchev–Trinajstić information content (AvgIpc) is 2.80. The monoisotopic (exact) mass is 380 g/mol. The molecule has 148 valence electrons. The fraction of sp³-hybridized carbons (Fsp3) is 0.435. The van der Waals surface area contributed by atoms with Crippen molar-refractivity contribution in [2.45, 2.75) is 30.5 Å². The molecule has 2 unspecified atom stereocenters. The first-order chi connectivity index (χ1) is 13.7. The molecule has 1 amide bonds. The third-order valence-electron chi connectivity index (χ3n) is 6.13. The van der Waals surface area contributed by atoms with E-state index in [0.29, 0.717) is 32.8 Å². The summed E-state index contributed by atoms with van der Waals surface area (Å²) in [7, 11) is 0. The zero-order valence-electron chi connectivity index (χ0n) is 16.1. The van der Waals surface area contributed by atoms with Crippen LogP contribution < -0.4 is 5.73 Å². The first-order valence-corrected chi connectivity index (χ1v) is 10.1. The third kappa shape index (κ3) is 3.70. The number of hydrogen-bond donors (Lipinski definition) is 1. The van der Waals surface area contributed by atoms with Crippen molar-refractivity contribution in [2.24, 2.45) is 5.73 Å². The molecule has 0 aliphatic carbocycles. The van der Waals surface area contributed by atoms with Gasteiger partial charge in [-0.05, 0) is 24.0 Å². The van der Waals surface area contributed by atoms with E-state index in [4.69, 9.17) is 15.2 Å². The van der Waals surface area contributed by atoms with E-state index in [0.717, 1.165) is 18.4 Å². The zero-order chi connectivity index (χ0) is 19.4. The Morgan fingerprint density at radius 3 is 2.21 bits per heavy atom. The summed E-state index contributed by atoms with van der Waals surface area (Å²) in [5.41, 5.74) is 8.38. The second kappa shape index (κ2) is 8.43. The van der Waals surface area contributed by atoms with Crippen LogP contribution in [0.4, 0.5) is 0 Å². The lowest BCUT2D eigenvalue weighted by Gasteiger charge is -2.43. The molecule has 2 N–H and O–H groups in total. The van der Waals surface area contributed by atoms with Crippen molar-refractivity contribution in [3.63, 3.8) is 0 Å². The van der Waals surface area contributed by atoms with Crippen LogP contribution in [0.3, 0.4) is 0 Å². The van der Waals surface area contributed by atoms with E-state index < -0.39 is 6.10 Å². The van der Waals surface area contributed by atoms with E-state index in [1.807, 2.05) is 41.3 Å². The van der Waals surface area contributed by atoms with Crippen LogP contribution in [0, 0.1) is 0 Å². The Morgan fingerprint density at radius 1 is 0.964 bits per heavy atom. The molecule has 5 heteroatoms. The molecular weight excluding hydrogens is 352 g/mol. The second-order valence-electron chi connectivity index (χ2n) is 7.67. The summed E-state index contributed by atoms with van der Waals surface area (Å²) >= 11 is 0. The summed E-state index contributed by atoms with van der Waals surface area (Å²) in [6.45, 7) is 2.92. The van der Waals surface area contributed by atoms with Crippen molar-refractivity contribution in [1.82, 2.24) is 4.90 Å².